The van der Waals surface area contributed by atoms with Gasteiger partial charge in [-0.2, -0.15) is 4.98 Å². The van der Waals surface area contributed by atoms with E-state index in [1.807, 2.05) is 0 Å². The highest BCUT2D eigenvalue weighted by Crippen LogP contribution is 2.40. The quantitative estimate of drug-likeness (QED) is 0.720. The largest absolute Gasteiger partial charge is 0.395 e. The molecule has 110 valence electrons. The molecule has 1 saturated heterocycles. The number of anilines is 1. The van der Waals surface area contributed by atoms with Crippen LogP contribution in [0.3, 0.4) is 0 Å². The number of rotatable bonds is 4. The van der Waals surface area contributed by atoms with Gasteiger partial charge in [-0.05, 0) is 6.07 Å². The van der Waals surface area contributed by atoms with Crippen LogP contribution in [-0.4, -0.2) is 43.6 Å². The van der Waals surface area contributed by atoms with Crippen LogP contribution >= 0.6 is 11.8 Å². The predicted octanol–water partition coefficient (Wildman–Crippen LogP) is -0.0509. The zero-order chi connectivity index (χ0) is 14.7. The molecule has 3 atom stereocenters. The van der Waals surface area contributed by atoms with Crippen LogP contribution < -0.4 is 11.0 Å². The van der Waals surface area contributed by atoms with Crippen molar-refractivity contribution in [2.75, 3.05) is 11.9 Å². The first-order valence-corrected chi connectivity index (χ1v) is 7.32. The van der Waals surface area contributed by atoms with Gasteiger partial charge in [0.05, 0.1) is 23.3 Å². The Balaban J connectivity index is 2.15. The number of amides is 1. The van der Waals surface area contributed by atoms with Crippen molar-refractivity contribution in [3.63, 3.8) is 0 Å². The zero-order valence-corrected chi connectivity index (χ0v) is 11.8. The average Bonchev–Trinajstić information content (AvgIpc) is 2.79. The van der Waals surface area contributed by atoms with Crippen molar-refractivity contribution in [3.8, 4) is 0 Å². The smallest absolute Gasteiger partial charge is 0.350 e. The number of thioether (sulfide) groups is 1. The van der Waals surface area contributed by atoms with E-state index in [-0.39, 0.29) is 29.0 Å². The molecule has 1 aromatic rings. The summed E-state index contributed by atoms with van der Waals surface area (Å²) in [6.45, 7) is 1.58. The Bertz CT molecular complexity index is 548. The molecule has 20 heavy (non-hydrogen) atoms. The van der Waals surface area contributed by atoms with E-state index in [0.29, 0.717) is 12.8 Å². The minimum absolute atomic E-state index is 0.130. The third-order valence-corrected chi connectivity index (χ3v) is 4.66. The van der Waals surface area contributed by atoms with Gasteiger partial charge in [-0.3, -0.25) is 9.36 Å². The summed E-state index contributed by atoms with van der Waals surface area (Å²) in [5.74, 6) is 0.0148. The van der Waals surface area contributed by atoms with Gasteiger partial charge in [-0.1, -0.05) is 6.92 Å². The van der Waals surface area contributed by atoms with Crippen LogP contribution in [0.5, 0.6) is 0 Å². The topological polar surface area (TPSA) is 104 Å². The highest BCUT2D eigenvalue weighted by atomic mass is 32.2. The maximum Gasteiger partial charge on any atom is 0.350 e. The van der Waals surface area contributed by atoms with E-state index in [4.69, 9.17) is 5.11 Å². The van der Waals surface area contributed by atoms with Gasteiger partial charge < -0.3 is 15.5 Å². The fourth-order valence-corrected chi connectivity index (χ4v) is 3.36. The van der Waals surface area contributed by atoms with Crippen LogP contribution in [-0.2, 0) is 4.79 Å². The predicted molar refractivity (Wildman–Crippen MR) is 75.5 cm³/mol. The van der Waals surface area contributed by atoms with Gasteiger partial charge in [-0.15, -0.1) is 11.8 Å². The number of aromatic nitrogens is 2. The summed E-state index contributed by atoms with van der Waals surface area (Å²) in [7, 11) is 0. The molecular formula is C12H17N3O4S. The number of nitrogens with one attached hydrogen (secondary N) is 1. The number of aliphatic hydroxyl groups is 2. The van der Waals surface area contributed by atoms with Crippen molar-refractivity contribution in [1.29, 1.82) is 0 Å². The molecule has 3 N–H and O–H groups in total. The normalized spacial score (nSPS) is 25.6. The minimum Gasteiger partial charge on any atom is -0.395 e. The van der Waals surface area contributed by atoms with Gasteiger partial charge in [0.15, 0.2) is 0 Å². The molecule has 0 spiro atoms. The maximum absolute atomic E-state index is 11.9. The summed E-state index contributed by atoms with van der Waals surface area (Å²) in [6.07, 6.45) is 1.61. The Morgan fingerprint density at radius 2 is 2.40 bits per heavy atom. The van der Waals surface area contributed by atoms with Gasteiger partial charge in [-0.25, -0.2) is 4.79 Å². The molecule has 1 aliphatic heterocycles. The molecular weight excluding hydrogens is 282 g/mol. The molecule has 1 fully saturated rings. The molecule has 0 saturated carbocycles. The lowest BCUT2D eigenvalue weighted by Crippen LogP contribution is -2.26. The number of hydrogen-bond donors (Lipinski definition) is 3. The number of aliphatic hydroxyl groups excluding tert-OH is 2. The van der Waals surface area contributed by atoms with Gasteiger partial charge in [0.1, 0.15) is 5.82 Å². The van der Waals surface area contributed by atoms with E-state index < -0.39 is 11.8 Å². The lowest BCUT2D eigenvalue weighted by Gasteiger charge is -2.13. The van der Waals surface area contributed by atoms with E-state index in [0.717, 1.165) is 0 Å². The minimum atomic E-state index is -0.638. The molecule has 1 amide bonds. The molecule has 0 unspecified atom stereocenters. The molecule has 0 radical (unpaired) electrons. The Hall–Kier alpha value is -1.38. The second kappa shape index (κ2) is 6.38. The Labute approximate surface area is 120 Å². The fourth-order valence-electron chi connectivity index (χ4n) is 1.98. The van der Waals surface area contributed by atoms with Crippen LogP contribution in [0.15, 0.2) is 17.1 Å². The van der Waals surface area contributed by atoms with Gasteiger partial charge in [0.2, 0.25) is 5.91 Å². The van der Waals surface area contributed by atoms with Crippen molar-refractivity contribution in [2.45, 2.75) is 36.5 Å². The van der Waals surface area contributed by atoms with Crippen molar-refractivity contribution >= 4 is 23.5 Å². The molecule has 1 aromatic heterocycles. The summed E-state index contributed by atoms with van der Waals surface area (Å²) in [4.78, 5) is 27.0. The Morgan fingerprint density at radius 3 is 2.95 bits per heavy atom. The van der Waals surface area contributed by atoms with Crippen LogP contribution in [0, 0.1) is 0 Å². The standard InChI is InChI=1S/C12H17N3O4S/c1-2-10(18)13-9-3-4-15(12(19)14-9)11-5-7(17)8(6-16)20-11/h3-4,7-8,11,16-17H,2,5-6H2,1H3,(H,13,14,18,19)/t7-,8-,11-/m1/s1. The molecule has 2 rings (SSSR count). The second-order valence-corrected chi connectivity index (χ2v) is 5.94. The molecule has 0 bridgehead atoms. The van der Waals surface area contributed by atoms with Crippen molar-refractivity contribution < 1.29 is 15.0 Å². The van der Waals surface area contributed by atoms with E-state index in [2.05, 4.69) is 10.3 Å². The Kier molecular flexibility index (Phi) is 4.79. The number of carbonyl (C=O) groups excluding carboxylic acids is 1. The molecule has 0 aromatic carbocycles. The molecule has 7 nitrogen and oxygen atoms in total. The van der Waals surface area contributed by atoms with Crippen molar-refractivity contribution in [2.24, 2.45) is 0 Å². The lowest BCUT2D eigenvalue weighted by atomic mass is 10.2. The van der Waals surface area contributed by atoms with Crippen LogP contribution in [0.1, 0.15) is 25.1 Å². The third-order valence-electron chi connectivity index (χ3n) is 3.11. The van der Waals surface area contributed by atoms with Gasteiger partial charge >= 0.3 is 5.69 Å². The molecule has 2 heterocycles. The first kappa shape index (κ1) is 15.0. The number of carbonyl (C=O) groups is 1. The first-order valence-electron chi connectivity index (χ1n) is 6.38. The third kappa shape index (κ3) is 3.20. The molecule has 8 heteroatoms. The van der Waals surface area contributed by atoms with Gasteiger partial charge in [0, 0.05) is 19.0 Å². The average molecular weight is 299 g/mol. The lowest BCUT2D eigenvalue weighted by molar-refractivity contribution is -0.115. The van der Waals surface area contributed by atoms with E-state index >= 15 is 0 Å². The maximum atomic E-state index is 11.9. The summed E-state index contributed by atoms with van der Waals surface area (Å²) in [6, 6.07) is 1.55. The SMILES string of the molecule is CCC(=O)Nc1ccn([C@H]2C[C@@H](O)[C@@H](CO)S2)c(=O)n1. The molecule has 1 aliphatic rings. The monoisotopic (exact) mass is 299 g/mol. The number of nitrogens with zero attached hydrogens (tertiary/aromatic N) is 2. The summed E-state index contributed by atoms with van der Waals surface area (Å²) in [5.41, 5.74) is -0.484. The summed E-state index contributed by atoms with van der Waals surface area (Å²) >= 11 is 1.35. The summed E-state index contributed by atoms with van der Waals surface area (Å²) in [5, 5.41) is 20.8. The second-order valence-electron chi connectivity index (χ2n) is 4.52. The summed E-state index contributed by atoms with van der Waals surface area (Å²) < 4.78 is 1.41. The first-order chi connectivity index (χ1) is 9.55. The van der Waals surface area contributed by atoms with E-state index in [1.54, 1.807) is 19.2 Å². The Morgan fingerprint density at radius 1 is 1.65 bits per heavy atom. The zero-order valence-electron chi connectivity index (χ0n) is 11.0. The highest BCUT2D eigenvalue weighted by molar-refractivity contribution is 8.00. The van der Waals surface area contributed by atoms with Crippen LogP contribution in [0.2, 0.25) is 0 Å². The fraction of sp³-hybridized carbons (Fsp3) is 0.583. The van der Waals surface area contributed by atoms with E-state index in [1.165, 1.54) is 16.3 Å². The van der Waals surface area contributed by atoms with E-state index in [9.17, 15) is 14.7 Å². The van der Waals surface area contributed by atoms with Crippen molar-refractivity contribution in [3.05, 3.63) is 22.7 Å². The van der Waals surface area contributed by atoms with Crippen molar-refractivity contribution in [1.82, 2.24) is 9.55 Å². The van der Waals surface area contributed by atoms with Crippen LogP contribution in [0.4, 0.5) is 5.82 Å². The van der Waals surface area contributed by atoms with Crippen LogP contribution in [0.25, 0.3) is 0 Å². The number of hydrogen-bond acceptors (Lipinski definition) is 6. The highest BCUT2D eigenvalue weighted by Gasteiger charge is 2.34. The molecule has 0 aliphatic carbocycles. The van der Waals surface area contributed by atoms with Gasteiger partial charge in [0.25, 0.3) is 0 Å².